The maximum Gasteiger partial charge on any atom is 0.410 e. The number of amides is 1. The Morgan fingerprint density at radius 3 is 2.58 bits per heavy atom. The molecule has 1 amide bonds. The monoisotopic (exact) mass is 366 g/mol. The van der Waals surface area contributed by atoms with Crippen LogP contribution < -0.4 is 10.6 Å². The van der Waals surface area contributed by atoms with Crippen LogP contribution in [-0.2, 0) is 18.3 Å². The van der Waals surface area contributed by atoms with Crippen LogP contribution in [0.1, 0.15) is 46.7 Å². The number of carbonyl (C=O) groups excluding carboxylic acids is 1. The number of ether oxygens (including phenoxy) is 1. The van der Waals surface area contributed by atoms with E-state index in [0.717, 1.165) is 18.7 Å². The topological polar surface area (TPSA) is 83.8 Å². The summed E-state index contributed by atoms with van der Waals surface area (Å²) in [5.74, 6) is 0.717. The molecule has 2 N–H and O–H groups in total. The van der Waals surface area contributed by atoms with Gasteiger partial charge in [0.05, 0.1) is 12.2 Å². The Hall–Kier alpha value is -2.25. The number of aryl methyl sites for hydroxylation is 1. The molecule has 0 spiro atoms. The first-order valence-electron chi connectivity index (χ1n) is 9.23. The zero-order valence-corrected chi connectivity index (χ0v) is 17.0. The number of nitrogens with one attached hydrogen (secondary N) is 2. The minimum absolute atomic E-state index is 0.280. The van der Waals surface area contributed by atoms with E-state index in [1.165, 1.54) is 0 Å². The van der Waals surface area contributed by atoms with E-state index in [0.29, 0.717) is 32.1 Å². The predicted octanol–water partition coefficient (Wildman–Crippen LogP) is 2.12. The van der Waals surface area contributed by atoms with Crippen molar-refractivity contribution in [1.29, 1.82) is 0 Å². The molecule has 1 rings (SSSR count). The van der Waals surface area contributed by atoms with Crippen LogP contribution in [-0.4, -0.2) is 58.5 Å². The SMILES string of the molecule is CCCN(CCNC(=NCc1ccnn1C)NCC)C(=O)OC(C)(C)C. The summed E-state index contributed by atoms with van der Waals surface area (Å²) in [5, 5.41) is 10.6. The molecule has 0 aliphatic rings. The van der Waals surface area contributed by atoms with Gasteiger partial charge in [0, 0.05) is 39.4 Å². The lowest BCUT2D eigenvalue weighted by atomic mass is 10.2. The molecule has 1 aromatic rings. The van der Waals surface area contributed by atoms with Crippen LogP contribution in [0.2, 0.25) is 0 Å². The third-order valence-corrected chi connectivity index (χ3v) is 3.49. The average Bonchev–Trinajstić information content (AvgIpc) is 2.95. The van der Waals surface area contributed by atoms with Crippen molar-refractivity contribution < 1.29 is 9.53 Å². The second-order valence-electron chi connectivity index (χ2n) is 7.04. The van der Waals surface area contributed by atoms with Crippen LogP contribution in [0.15, 0.2) is 17.3 Å². The first-order valence-corrected chi connectivity index (χ1v) is 9.23. The third kappa shape index (κ3) is 8.22. The van der Waals surface area contributed by atoms with Gasteiger partial charge in [-0.15, -0.1) is 0 Å². The third-order valence-electron chi connectivity index (χ3n) is 3.49. The van der Waals surface area contributed by atoms with Crippen LogP contribution >= 0.6 is 0 Å². The van der Waals surface area contributed by atoms with Crippen molar-refractivity contribution in [2.24, 2.45) is 12.0 Å². The van der Waals surface area contributed by atoms with Gasteiger partial charge in [-0.2, -0.15) is 5.10 Å². The molecule has 0 aromatic carbocycles. The van der Waals surface area contributed by atoms with Gasteiger partial charge < -0.3 is 20.3 Å². The molecule has 26 heavy (non-hydrogen) atoms. The molecule has 0 radical (unpaired) electrons. The first-order chi connectivity index (χ1) is 12.3. The first kappa shape index (κ1) is 21.8. The van der Waals surface area contributed by atoms with Gasteiger partial charge in [-0.3, -0.25) is 4.68 Å². The molecule has 0 bridgehead atoms. The molecule has 1 heterocycles. The van der Waals surface area contributed by atoms with Crippen molar-refractivity contribution in [2.45, 2.75) is 53.2 Å². The molecule has 0 atom stereocenters. The molecule has 1 aromatic heterocycles. The molecule has 0 unspecified atom stereocenters. The molecular weight excluding hydrogens is 332 g/mol. The summed E-state index contributed by atoms with van der Waals surface area (Å²) in [7, 11) is 1.90. The maximum atomic E-state index is 12.3. The number of nitrogens with zero attached hydrogens (tertiary/aromatic N) is 4. The second-order valence-corrected chi connectivity index (χ2v) is 7.04. The van der Waals surface area contributed by atoms with E-state index >= 15 is 0 Å². The van der Waals surface area contributed by atoms with E-state index in [2.05, 4.69) is 20.7 Å². The van der Waals surface area contributed by atoms with Crippen molar-refractivity contribution in [3.63, 3.8) is 0 Å². The lowest BCUT2D eigenvalue weighted by Crippen LogP contribution is -2.44. The lowest BCUT2D eigenvalue weighted by molar-refractivity contribution is 0.0253. The summed E-state index contributed by atoms with van der Waals surface area (Å²) in [6, 6.07) is 1.94. The van der Waals surface area contributed by atoms with Gasteiger partial charge in [0.15, 0.2) is 5.96 Å². The smallest absolute Gasteiger partial charge is 0.410 e. The maximum absolute atomic E-state index is 12.3. The number of aliphatic imine (C=N–C) groups is 1. The van der Waals surface area contributed by atoms with Crippen LogP contribution in [0, 0.1) is 0 Å². The zero-order chi connectivity index (χ0) is 19.6. The summed E-state index contributed by atoms with van der Waals surface area (Å²) in [4.78, 5) is 18.6. The summed E-state index contributed by atoms with van der Waals surface area (Å²) in [6.45, 7) is 12.8. The Bertz CT molecular complexity index is 576. The lowest BCUT2D eigenvalue weighted by Gasteiger charge is -2.27. The van der Waals surface area contributed by atoms with Crippen molar-refractivity contribution in [3.05, 3.63) is 18.0 Å². The van der Waals surface area contributed by atoms with Crippen molar-refractivity contribution >= 4 is 12.1 Å². The Labute approximate surface area is 157 Å². The Morgan fingerprint density at radius 2 is 2.04 bits per heavy atom. The van der Waals surface area contributed by atoms with E-state index in [-0.39, 0.29) is 6.09 Å². The van der Waals surface area contributed by atoms with Gasteiger partial charge >= 0.3 is 6.09 Å². The fraction of sp³-hybridized carbons (Fsp3) is 0.722. The Balaban J connectivity index is 2.57. The molecule has 0 fully saturated rings. The van der Waals surface area contributed by atoms with Crippen LogP contribution in [0.4, 0.5) is 4.79 Å². The van der Waals surface area contributed by atoms with Crippen molar-refractivity contribution in [2.75, 3.05) is 26.2 Å². The van der Waals surface area contributed by atoms with Gasteiger partial charge in [0.25, 0.3) is 0 Å². The van der Waals surface area contributed by atoms with E-state index in [1.807, 2.05) is 47.7 Å². The number of guanidine groups is 1. The van der Waals surface area contributed by atoms with Crippen molar-refractivity contribution in [3.8, 4) is 0 Å². The molecule has 0 aliphatic carbocycles. The van der Waals surface area contributed by atoms with Gasteiger partial charge in [0.2, 0.25) is 0 Å². The summed E-state index contributed by atoms with van der Waals surface area (Å²) < 4.78 is 7.27. The number of rotatable bonds is 8. The van der Waals surface area contributed by atoms with Crippen LogP contribution in [0.3, 0.4) is 0 Å². The van der Waals surface area contributed by atoms with Gasteiger partial charge in [-0.05, 0) is 40.2 Å². The molecule has 148 valence electrons. The van der Waals surface area contributed by atoms with E-state index in [1.54, 1.807) is 15.8 Å². The molecular formula is C18H34N6O2. The highest BCUT2D eigenvalue weighted by Gasteiger charge is 2.21. The summed E-state index contributed by atoms with van der Waals surface area (Å²) >= 11 is 0. The zero-order valence-electron chi connectivity index (χ0n) is 17.0. The van der Waals surface area contributed by atoms with Gasteiger partial charge in [-0.25, -0.2) is 9.79 Å². The highest BCUT2D eigenvalue weighted by Crippen LogP contribution is 2.10. The predicted molar refractivity (Wildman–Crippen MR) is 104 cm³/mol. The second kappa shape index (κ2) is 10.7. The Kier molecular flexibility index (Phi) is 8.95. The number of aromatic nitrogens is 2. The fourth-order valence-corrected chi connectivity index (χ4v) is 2.26. The average molecular weight is 367 g/mol. The molecule has 0 aliphatic heterocycles. The number of carbonyl (C=O) groups is 1. The summed E-state index contributed by atoms with van der Waals surface area (Å²) in [5.41, 5.74) is 0.541. The van der Waals surface area contributed by atoms with Crippen LogP contribution in [0.25, 0.3) is 0 Å². The summed E-state index contributed by atoms with van der Waals surface area (Å²) in [6.07, 6.45) is 2.36. The van der Waals surface area contributed by atoms with Gasteiger partial charge in [-0.1, -0.05) is 6.92 Å². The van der Waals surface area contributed by atoms with Crippen LogP contribution in [0.5, 0.6) is 0 Å². The van der Waals surface area contributed by atoms with Gasteiger partial charge in [0.1, 0.15) is 5.60 Å². The Morgan fingerprint density at radius 1 is 1.31 bits per heavy atom. The molecule has 0 saturated carbocycles. The number of hydrogen-bond donors (Lipinski definition) is 2. The van der Waals surface area contributed by atoms with E-state index in [4.69, 9.17) is 4.74 Å². The molecule has 0 saturated heterocycles. The van der Waals surface area contributed by atoms with E-state index in [9.17, 15) is 4.79 Å². The number of hydrogen-bond acceptors (Lipinski definition) is 4. The quantitative estimate of drug-likeness (QED) is 0.544. The minimum Gasteiger partial charge on any atom is -0.444 e. The fourth-order valence-electron chi connectivity index (χ4n) is 2.26. The molecule has 8 heteroatoms. The minimum atomic E-state index is -0.490. The molecule has 8 nitrogen and oxygen atoms in total. The van der Waals surface area contributed by atoms with E-state index < -0.39 is 5.60 Å². The van der Waals surface area contributed by atoms with Crippen molar-refractivity contribution in [1.82, 2.24) is 25.3 Å². The normalized spacial score (nSPS) is 12.0. The largest absolute Gasteiger partial charge is 0.444 e. The highest BCUT2D eigenvalue weighted by atomic mass is 16.6. The standard InChI is InChI=1S/C18H34N6O2/c1-7-12-24(17(25)26-18(3,4)5)13-11-20-16(19-8-2)21-14-15-9-10-22-23(15)6/h9-10H,7-8,11-14H2,1-6H3,(H2,19,20,21). The highest BCUT2D eigenvalue weighted by molar-refractivity contribution is 5.79.